The number of nitrogens with one attached hydrogen (secondary N) is 1. The van der Waals surface area contributed by atoms with Crippen molar-refractivity contribution in [3.8, 4) is 0 Å². The lowest BCUT2D eigenvalue weighted by molar-refractivity contribution is 0.00578. The molecule has 22 heavy (non-hydrogen) atoms. The van der Waals surface area contributed by atoms with Crippen molar-refractivity contribution in [1.29, 1.82) is 0 Å². The number of pyridine rings is 1. The summed E-state index contributed by atoms with van der Waals surface area (Å²) in [6.07, 6.45) is 3.99. The van der Waals surface area contributed by atoms with E-state index in [2.05, 4.69) is 10.3 Å². The van der Waals surface area contributed by atoms with Gasteiger partial charge in [-0.05, 0) is 46.6 Å². The number of carbonyl (C=O) groups is 1. The Morgan fingerprint density at radius 1 is 1.27 bits per heavy atom. The van der Waals surface area contributed by atoms with Crippen molar-refractivity contribution in [2.45, 2.75) is 57.7 Å². The molecule has 1 aliphatic heterocycles. The number of hydrogen-bond donors (Lipinski definition) is 1. The molecule has 5 nitrogen and oxygen atoms in total. The zero-order valence-electron chi connectivity index (χ0n) is 13.9. The molecule has 1 amide bonds. The summed E-state index contributed by atoms with van der Waals surface area (Å²) in [7, 11) is 1.15. The Morgan fingerprint density at radius 2 is 1.86 bits per heavy atom. The maximum atomic E-state index is 12.2. The average Bonchev–Trinajstić information content (AvgIpc) is 3.25. The zero-order chi connectivity index (χ0) is 16.1. The Hall–Kier alpha value is -1.40. The largest absolute Gasteiger partial charge is 0.496 e. The summed E-state index contributed by atoms with van der Waals surface area (Å²) in [5.41, 5.74) is 1.51. The van der Waals surface area contributed by atoms with Gasteiger partial charge in [0, 0.05) is 24.6 Å². The van der Waals surface area contributed by atoms with Gasteiger partial charge in [0.2, 0.25) is 0 Å². The van der Waals surface area contributed by atoms with Crippen LogP contribution in [0.25, 0.3) is 0 Å². The normalized spacial score (nSPS) is 22.7. The van der Waals surface area contributed by atoms with Gasteiger partial charge in [-0.15, -0.1) is 0 Å². The Balaban J connectivity index is 1.94. The fourth-order valence-electron chi connectivity index (χ4n) is 2.60. The van der Waals surface area contributed by atoms with E-state index in [0.29, 0.717) is 11.5 Å². The van der Waals surface area contributed by atoms with Crippen LogP contribution in [0.15, 0.2) is 12.3 Å². The topological polar surface area (TPSA) is 60.5 Å². The van der Waals surface area contributed by atoms with Gasteiger partial charge < -0.3 is 14.6 Å². The third-order valence-electron chi connectivity index (χ3n) is 4.90. The van der Waals surface area contributed by atoms with Gasteiger partial charge in [-0.2, -0.15) is 0 Å². The van der Waals surface area contributed by atoms with Crippen LogP contribution in [0.2, 0.25) is 0 Å². The quantitative estimate of drug-likeness (QED) is 0.862. The Labute approximate surface area is 131 Å². The lowest BCUT2D eigenvalue weighted by Gasteiger charge is -2.32. The van der Waals surface area contributed by atoms with Crippen LogP contribution in [0.3, 0.4) is 0 Å². The van der Waals surface area contributed by atoms with Crippen LogP contribution in [-0.2, 0) is 9.31 Å². The molecule has 1 aromatic rings. The van der Waals surface area contributed by atoms with Crippen molar-refractivity contribution in [3.63, 3.8) is 0 Å². The van der Waals surface area contributed by atoms with Crippen molar-refractivity contribution < 1.29 is 14.1 Å². The Bertz CT molecular complexity index is 595. The molecule has 6 heteroatoms. The molecule has 0 unspecified atom stereocenters. The van der Waals surface area contributed by atoms with Crippen LogP contribution >= 0.6 is 0 Å². The standard InChI is InChI=1S/C16H23BN2O3/c1-15(2)16(3,4)22-17(21-15)11-8-12(14(20)18-5)13(19-9-11)10-6-7-10/h8-10H,6-7H2,1-5H3,(H,18,20). The van der Waals surface area contributed by atoms with E-state index in [1.54, 1.807) is 13.2 Å². The van der Waals surface area contributed by atoms with Crippen molar-refractivity contribution in [2.75, 3.05) is 7.05 Å². The molecule has 2 fully saturated rings. The first-order valence-corrected chi connectivity index (χ1v) is 7.83. The molecule has 0 radical (unpaired) electrons. The van der Waals surface area contributed by atoms with Crippen LogP contribution in [0.5, 0.6) is 0 Å². The molecule has 1 saturated heterocycles. The summed E-state index contributed by atoms with van der Waals surface area (Å²) >= 11 is 0. The average molecular weight is 302 g/mol. The molecule has 1 aromatic heterocycles. The molecular formula is C16H23BN2O3. The highest BCUT2D eigenvalue weighted by Gasteiger charge is 2.52. The highest BCUT2D eigenvalue weighted by molar-refractivity contribution is 6.62. The molecule has 2 heterocycles. The predicted molar refractivity (Wildman–Crippen MR) is 85.3 cm³/mol. The number of amides is 1. The van der Waals surface area contributed by atoms with Gasteiger partial charge in [-0.3, -0.25) is 9.78 Å². The molecule has 0 aromatic carbocycles. The van der Waals surface area contributed by atoms with E-state index in [1.807, 2.05) is 33.8 Å². The van der Waals surface area contributed by atoms with E-state index in [-0.39, 0.29) is 5.91 Å². The molecule has 2 aliphatic rings. The summed E-state index contributed by atoms with van der Waals surface area (Å²) in [6.45, 7) is 8.05. The Kier molecular flexibility index (Phi) is 3.57. The second kappa shape index (κ2) is 5.06. The van der Waals surface area contributed by atoms with Gasteiger partial charge in [0.05, 0.1) is 22.5 Å². The Morgan fingerprint density at radius 3 is 2.36 bits per heavy atom. The molecule has 0 spiro atoms. The van der Waals surface area contributed by atoms with E-state index in [4.69, 9.17) is 9.31 Å². The van der Waals surface area contributed by atoms with Gasteiger partial charge in [-0.1, -0.05) is 0 Å². The third kappa shape index (κ3) is 2.54. The maximum Gasteiger partial charge on any atom is 0.496 e. The predicted octanol–water partition coefficient (Wildman–Crippen LogP) is 1.62. The molecule has 1 saturated carbocycles. The lowest BCUT2D eigenvalue weighted by Crippen LogP contribution is -2.41. The van der Waals surface area contributed by atoms with Crippen LogP contribution < -0.4 is 10.8 Å². The van der Waals surface area contributed by atoms with Crippen molar-refractivity contribution in [3.05, 3.63) is 23.5 Å². The van der Waals surface area contributed by atoms with Crippen LogP contribution in [0, 0.1) is 0 Å². The van der Waals surface area contributed by atoms with E-state index in [1.165, 1.54) is 0 Å². The first-order chi connectivity index (χ1) is 10.2. The van der Waals surface area contributed by atoms with E-state index < -0.39 is 18.3 Å². The number of rotatable bonds is 3. The van der Waals surface area contributed by atoms with Gasteiger partial charge >= 0.3 is 7.12 Å². The second-order valence-electron chi connectivity index (χ2n) is 7.14. The zero-order valence-corrected chi connectivity index (χ0v) is 13.9. The summed E-state index contributed by atoms with van der Waals surface area (Å²) in [5, 5.41) is 2.69. The van der Waals surface area contributed by atoms with E-state index >= 15 is 0 Å². The minimum absolute atomic E-state index is 0.104. The smallest absolute Gasteiger partial charge is 0.399 e. The summed E-state index contributed by atoms with van der Waals surface area (Å²) in [6, 6.07) is 1.86. The summed E-state index contributed by atoms with van der Waals surface area (Å²) in [5.74, 6) is 0.312. The van der Waals surface area contributed by atoms with Gasteiger partial charge in [0.15, 0.2) is 0 Å². The molecular weight excluding hydrogens is 279 g/mol. The van der Waals surface area contributed by atoms with Crippen LogP contribution in [0.1, 0.15) is 62.5 Å². The minimum Gasteiger partial charge on any atom is -0.399 e. The summed E-state index contributed by atoms with van der Waals surface area (Å²) in [4.78, 5) is 16.7. The SMILES string of the molecule is CNC(=O)c1cc(B2OC(C)(C)C(C)(C)O2)cnc1C1CC1. The highest BCUT2D eigenvalue weighted by Crippen LogP contribution is 2.41. The van der Waals surface area contributed by atoms with Crippen LogP contribution in [-0.4, -0.2) is 36.3 Å². The highest BCUT2D eigenvalue weighted by atomic mass is 16.7. The number of nitrogens with zero attached hydrogens (tertiary/aromatic N) is 1. The minimum atomic E-state index is -0.492. The van der Waals surface area contributed by atoms with Crippen LogP contribution in [0.4, 0.5) is 0 Å². The van der Waals surface area contributed by atoms with Crippen molar-refractivity contribution >= 4 is 18.5 Å². The molecule has 118 valence electrons. The maximum absolute atomic E-state index is 12.2. The first kappa shape index (κ1) is 15.5. The third-order valence-corrected chi connectivity index (χ3v) is 4.90. The van der Waals surface area contributed by atoms with E-state index in [9.17, 15) is 4.79 Å². The number of hydrogen-bond acceptors (Lipinski definition) is 4. The molecule has 0 bridgehead atoms. The number of aromatic nitrogens is 1. The molecule has 1 aliphatic carbocycles. The number of carbonyl (C=O) groups excluding carboxylic acids is 1. The lowest BCUT2D eigenvalue weighted by atomic mass is 9.79. The van der Waals surface area contributed by atoms with Gasteiger partial charge in [0.25, 0.3) is 5.91 Å². The van der Waals surface area contributed by atoms with Crippen molar-refractivity contribution in [1.82, 2.24) is 10.3 Å². The fraction of sp³-hybridized carbons (Fsp3) is 0.625. The first-order valence-electron chi connectivity index (χ1n) is 7.83. The van der Waals surface area contributed by atoms with Crippen molar-refractivity contribution in [2.24, 2.45) is 0 Å². The van der Waals surface area contributed by atoms with E-state index in [0.717, 1.165) is 24.0 Å². The van der Waals surface area contributed by atoms with Gasteiger partial charge in [0.1, 0.15) is 0 Å². The molecule has 3 rings (SSSR count). The molecule has 1 N–H and O–H groups in total. The second-order valence-corrected chi connectivity index (χ2v) is 7.14. The molecule has 0 atom stereocenters. The monoisotopic (exact) mass is 302 g/mol. The fourth-order valence-corrected chi connectivity index (χ4v) is 2.60. The summed E-state index contributed by atoms with van der Waals surface area (Å²) < 4.78 is 12.1. The van der Waals surface area contributed by atoms with Gasteiger partial charge in [-0.25, -0.2) is 0 Å².